The summed E-state index contributed by atoms with van der Waals surface area (Å²) in [4.78, 5) is 28.5. The van der Waals surface area contributed by atoms with Crippen molar-refractivity contribution in [3.05, 3.63) is 23.8 Å². The number of amides is 1. The van der Waals surface area contributed by atoms with Crippen molar-refractivity contribution in [2.75, 3.05) is 20.2 Å². The Hall–Kier alpha value is -2.38. The van der Waals surface area contributed by atoms with Crippen molar-refractivity contribution >= 4 is 12.1 Å². The lowest BCUT2D eigenvalue weighted by Gasteiger charge is -2.33. The second-order valence-electron chi connectivity index (χ2n) is 6.76. The average molecular weight is 354 g/mol. The predicted octanol–water partition coefficient (Wildman–Crippen LogP) is 2.79. The van der Waals surface area contributed by atoms with Gasteiger partial charge in [-0.15, -0.1) is 0 Å². The predicted molar refractivity (Wildman–Crippen MR) is 87.0 cm³/mol. The minimum atomic E-state index is -0.863. The van der Waals surface area contributed by atoms with Gasteiger partial charge in [-0.05, 0) is 32.9 Å². The van der Waals surface area contributed by atoms with Crippen LogP contribution in [-0.4, -0.2) is 53.9 Å². The highest BCUT2D eigenvalue weighted by Gasteiger charge is 2.28. The average Bonchev–Trinajstić information content (AvgIpc) is 2.55. The number of aromatic nitrogens is 1. The number of piperidine rings is 1. The molecule has 0 N–H and O–H groups in total. The summed E-state index contributed by atoms with van der Waals surface area (Å²) in [6, 6.07) is 2.70. The molecule has 0 atom stereocenters. The third-order valence-corrected chi connectivity index (χ3v) is 3.60. The van der Waals surface area contributed by atoms with Gasteiger partial charge in [-0.25, -0.2) is 14.6 Å². The van der Waals surface area contributed by atoms with Crippen molar-refractivity contribution in [2.24, 2.45) is 0 Å². The summed E-state index contributed by atoms with van der Waals surface area (Å²) in [5.41, 5.74) is -0.659. The summed E-state index contributed by atoms with van der Waals surface area (Å²) in [5.74, 6) is -1.60. The Bertz CT molecular complexity index is 636. The highest BCUT2D eigenvalue weighted by Crippen LogP contribution is 2.22. The Kier molecular flexibility index (Phi) is 5.81. The molecule has 138 valence electrons. The van der Waals surface area contributed by atoms with Crippen molar-refractivity contribution in [1.29, 1.82) is 0 Å². The van der Waals surface area contributed by atoms with E-state index in [2.05, 4.69) is 9.72 Å². The maximum Gasteiger partial charge on any atom is 0.410 e. The molecule has 1 saturated heterocycles. The minimum absolute atomic E-state index is 0.0247. The lowest BCUT2D eigenvalue weighted by molar-refractivity contribution is 0.0122. The molecule has 0 bridgehead atoms. The maximum atomic E-state index is 14.0. The van der Waals surface area contributed by atoms with Gasteiger partial charge in [0.2, 0.25) is 0 Å². The van der Waals surface area contributed by atoms with E-state index in [0.29, 0.717) is 25.9 Å². The first-order valence-corrected chi connectivity index (χ1v) is 8.09. The first kappa shape index (κ1) is 19.0. The molecule has 0 aliphatic carbocycles. The number of esters is 1. The number of methoxy groups -OCH3 is 1. The topological polar surface area (TPSA) is 78.0 Å². The zero-order valence-electron chi connectivity index (χ0n) is 14.9. The van der Waals surface area contributed by atoms with Gasteiger partial charge in [0.05, 0.1) is 7.11 Å². The first-order valence-electron chi connectivity index (χ1n) is 8.09. The Balaban J connectivity index is 1.90. The molecule has 2 heterocycles. The van der Waals surface area contributed by atoms with E-state index in [0.717, 1.165) is 0 Å². The van der Waals surface area contributed by atoms with Crippen LogP contribution in [0.25, 0.3) is 0 Å². The lowest BCUT2D eigenvalue weighted by atomic mass is 10.1. The molecule has 0 unspecified atom stereocenters. The van der Waals surface area contributed by atoms with E-state index in [4.69, 9.17) is 9.47 Å². The fraction of sp³-hybridized carbons (Fsp3) is 0.588. The number of rotatable bonds is 3. The van der Waals surface area contributed by atoms with Crippen LogP contribution >= 0.6 is 0 Å². The number of carbonyl (C=O) groups is 2. The van der Waals surface area contributed by atoms with Gasteiger partial charge in [0.1, 0.15) is 11.7 Å². The van der Waals surface area contributed by atoms with Crippen LogP contribution < -0.4 is 4.74 Å². The summed E-state index contributed by atoms with van der Waals surface area (Å²) >= 11 is 0. The zero-order chi connectivity index (χ0) is 18.6. The SMILES string of the molecule is COC(=O)c1ccc(OC2CCN(C(=O)OC(C)(C)C)CC2)c(F)n1. The smallest absolute Gasteiger partial charge is 0.410 e. The van der Waals surface area contributed by atoms with Crippen molar-refractivity contribution in [2.45, 2.75) is 45.3 Å². The van der Waals surface area contributed by atoms with Crippen molar-refractivity contribution in [1.82, 2.24) is 9.88 Å². The van der Waals surface area contributed by atoms with Crippen molar-refractivity contribution in [3.8, 4) is 5.75 Å². The van der Waals surface area contributed by atoms with Gasteiger partial charge in [0, 0.05) is 25.9 Å². The molecule has 1 aromatic heterocycles. The Morgan fingerprint density at radius 3 is 2.40 bits per heavy atom. The van der Waals surface area contributed by atoms with Crippen molar-refractivity contribution < 1.29 is 28.2 Å². The molecule has 0 aromatic carbocycles. The standard InChI is InChI=1S/C17H23FN2O5/c1-17(2,3)25-16(22)20-9-7-11(8-10-20)24-13-6-5-12(15(21)23-4)19-14(13)18/h5-6,11H,7-10H2,1-4H3. The number of ether oxygens (including phenoxy) is 3. The van der Waals surface area contributed by atoms with E-state index in [1.54, 1.807) is 4.90 Å². The Morgan fingerprint density at radius 1 is 1.24 bits per heavy atom. The molecule has 1 aliphatic rings. The number of carbonyl (C=O) groups excluding carboxylic acids is 2. The van der Waals surface area contributed by atoms with Crippen LogP contribution in [-0.2, 0) is 9.47 Å². The lowest BCUT2D eigenvalue weighted by Crippen LogP contribution is -2.44. The monoisotopic (exact) mass is 354 g/mol. The normalized spacial score (nSPS) is 15.6. The van der Waals surface area contributed by atoms with Gasteiger partial charge in [-0.1, -0.05) is 0 Å². The fourth-order valence-corrected chi connectivity index (χ4v) is 2.39. The number of hydrogen-bond donors (Lipinski definition) is 0. The van der Waals surface area contributed by atoms with E-state index in [1.807, 2.05) is 20.8 Å². The van der Waals surface area contributed by atoms with Crippen molar-refractivity contribution in [3.63, 3.8) is 0 Å². The first-order chi connectivity index (χ1) is 11.7. The molecule has 1 aliphatic heterocycles. The van der Waals surface area contributed by atoms with E-state index in [-0.39, 0.29) is 23.6 Å². The second kappa shape index (κ2) is 7.67. The van der Waals surface area contributed by atoms with Gasteiger partial charge in [0.25, 0.3) is 5.95 Å². The fourth-order valence-electron chi connectivity index (χ4n) is 2.39. The maximum absolute atomic E-state index is 14.0. The van der Waals surface area contributed by atoms with E-state index in [1.165, 1.54) is 19.2 Å². The van der Waals surface area contributed by atoms with Crippen LogP contribution in [0.4, 0.5) is 9.18 Å². The number of pyridine rings is 1. The molecule has 1 aromatic rings. The van der Waals surface area contributed by atoms with Crippen LogP contribution in [0.15, 0.2) is 12.1 Å². The highest BCUT2D eigenvalue weighted by molar-refractivity contribution is 5.87. The zero-order valence-corrected chi connectivity index (χ0v) is 14.9. The summed E-state index contributed by atoms with van der Waals surface area (Å²) < 4.78 is 29.4. The van der Waals surface area contributed by atoms with E-state index in [9.17, 15) is 14.0 Å². The molecule has 25 heavy (non-hydrogen) atoms. The second-order valence-corrected chi connectivity index (χ2v) is 6.76. The van der Waals surface area contributed by atoms with E-state index >= 15 is 0 Å². The summed E-state index contributed by atoms with van der Waals surface area (Å²) in [6.07, 6.45) is 0.509. The molecule has 0 spiro atoms. The van der Waals surface area contributed by atoms with Crippen LogP contribution in [0.2, 0.25) is 0 Å². The summed E-state index contributed by atoms with van der Waals surface area (Å²) in [7, 11) is 1.20. The third-order valence-electron chi connectivity index (χ3n) is 3.60. The van der Waals surface area contributed by atoms with E-state index < -0.39 is 17.5 Å². The number of nitrogens with zero attached hydrogens (tertiary/aromatic N) is 2. The number of likely N-dealkylation sites (tertiary alicyclic amines) is 1. The van der Waals surface area contributed by atoms with Gasteiger partial charge in [0.15, 0.2) is 11.4 Å². The molecule has 0 radical (unpaired) electrons. The molecule has 1 amide bonds. The van der Waals surface area contributed by atoms with Gasteiger partial charge in [-0.3, -0.25) is 0 Å². The quantitative estimate of drug-likeness (QED) is 0.613. The Labute approximate surface area is 146 Å². The Morgan fingerprint density at radius 2 is 1.88 bits per heavy atom. The summed E-state index contributed by atoms with van der Waals surface area (Å²) in [5, 5.41) is 0. The van der Waals surface area contributed by atoms with Gasteiger partial charge in [-0.2, -0.15) is 4.39 Å². The highest BCUT2D eigenvalue weighted by atomic mass is 19.1. The number of hydrogen-bond acceptors (Lipinski definition) is 6. The van der Waals surface area contributed by atoms with Crippen LogP contribution in [0.5, 0.6) is 5.75 Å². The molecule has 7 nitrogen and oxygen atoms in total. The van der Waals surface area contributed by atoms with Gasteiger partial charge >= 0.3 is 12.1 Å². The van der Waals surface area contributed by atoms with Gasteiger partial charge < -0.3 is 19.1 Å². The summed E-state index contributed by atoms with van der Waals surface area (Å²) in [6.45, 7) is 6.38. The van der Waals surface area contributed by atoms with Crippen LogP contribution in [0, 0.1) is 5.95 Å². The molecular formula is C17H23FN2O5. The molecule has 1 fully saturated rings. The van der Waals surface area contributed by atoms with Crippen LogP contribution in [0.3, 0.4) is 0 Å². The molecular weight excluding hydrogens is 331 g/mol. The largest absolute Gasteiger partial charge is 0.485 e. The number of halogens is 1. The minimum Gasteiger partial charge on any atom is -0.485 e. The van der Waals surface area contributed by atoms with Crippen LogP contribution in [0.1, 0.15) is 44.1 Å². The third kappa shape index (κ3) is 5.30. The molecule has 2 rings (SSSR count). The molecule has 8 heteroatoms. The molecule has 0 saturated carbocycles.